The number of rotatable bonds is 8. The molecule has 4 rings (SSSR count). The smallest absolute Gasteiger partial charge is 0.322 e. The molecular weight excluding hydrogens is 380 g/mol. The van der Waals surface area contributed by atoms with E-state index in [1.807, 2.05) is 47.4 Å². The summed E-state index contributed by atoms with van der Waals surface area (Å²) in [5.41, 5.74) is 2.87. The molecule has 0 spiro atoms. The second-order valence-corrected chi connectivity index (χ2v) is 8.05. The van der Waals surface area contributed by atoms with Crippen LogP contribution in [0.2, 0.25) is 0 Å². The van der Waals surface area contributed by atoms with E-state index in [1.165, 1.54) is 12.8 Å². The Morgan fingerprint density at radius 3 is 2.73 bits per heavy atom. The molecule has 2 aliphatic rings. The summed E-state index contributed by atoms with van der Waals surface area (Å²) in [6.07, 6.45) is 4.44. The number of carbonyl (C=O) groups is 1. The minimum absolute atomic E-state index is 0.0177. The van der Waals surface area contributed by atoms with Crippen LogP contribution in [0.5, 0.6) is 11.5 Å². The van der Waals surface area contributed by atoms with Gasteiger partial charge in [0.2, 0.25) is 0 Å². The van der Waals surface area contributed by atoms with Gasteiger partial charge < -0.3 is 24.4 Å². The number of amides is 2. The Hall–Kier alpha value is -2.73. The van der Waals surface area contributed by atoms with Crippen molar-refractivity contribution in [2.45, 2.75) is 38.3 Å². The number of hydrogen-bond donors (Lipinski definition) is 1. The Balaban J connectivity index is 1.42. The summed E-state index contributed by atoms with van der Waals surface area (Å²) < 4.78 is 16.6. The summed E-state index contributed by atoms with van der Waals surface area (Å²) in [5, 5.41) is 3.06. The summed E-state index contributed by atoms with van der Waals surface area (Å²) >= 11 is 0. The van der Waals surface area contributed by atoms with E-state index in [9.17, 15) is 4.79 Å². The van der Waals surface area contributed by atoms with E-state index < -0.39 is 0 Å². The molecule has 2 aromatic carbocycles. The topological polar surface area (TPSA) is 60.0 Å². The van der Waals surface area contributed by atoms with E-state index in [0.29, 0.717) is 6.61 Å². The molecule has 2 aromatic rings. The zero-order valence-corrected chi connectivity index (χ0v) is 17.7. The highest BCUT2D eigenvalue weighted by Gasteiger charge is 2.32. The number of nitrogens with one attached hydrogen (secondary N) is 1. The SMILES string of the molecule is COc1ccc(C2CCCN2C(=O)Nc2cccc(COCC3CC3)c2)c(OC)c1. The Morgan fingerprint density at radius 2 is 1.97 bits per heavy atom. The minimum atomic E-state index is -0.0913. The Labute approximate surface area is 178 Å². The highest BCUT2D eigenvalue weighted by atomic mass is 16.5. The molecule has 1 unspecified atom stereocenters. The fraction of sp³-hybridized carbons (Fsp3) is 0.458. The van der Waals surface area contributed by atoms with Gasteiger partial charge in [-0.15, -0.1) is 0 Å². The number of likely N-dealkylation sites (tertiary alicyclic amines) is 1. The van der Waals surface area contributed by atoms with Gasteiger partial charge in [0.1, 0.15) is 11.5 Å². The quantitative estimate of drug-likeness (QED) is 0.665. The second-order valence-electron chi connectivity index (χ2n) is 8.05. The molecule has 1 aliphatic carbocycles. The number of anilines is 1. The molecule has 1 N–H and O–H groups in total. The molecule has 30 heavy (non-hydrogen) atoms. The van der Waals surface area contributed by atoms with Gasteiger partial charge in [0.25, 0.3) is 0 Å². The molecule has 6 nitrogen and oxygen atoms in total. The average Bonchev–Trinajstić information content (AvgIpc) is 3.46. The lowest BCUT2D eigenvalue weighted by Gasteiger charge is -2.27. The maximum atomic E-state index is 13.1. The first-order chi connectivity index (χ1) is 14.7. The maximum absolute atomic E-state index is 13.1. The third kappa shape index (κ3) is 4.87. The molecular formula is C24H30N2O4. The van der Waals surface area contributed by atoms with Crippen LogP contribution in [-0.4, -0.2) is 38.3 Å². The summed E-state index contributed by atoms with van der Waals surface area (Å²) in [6, 6.07) is 13.6. The average molecular weight is 411 g/mol. The van der Waals surface area contributed by atoms with Crippen LogP contribution in [0.15, 0.2) is 42.5 Å². The first kappa shape index (κ1) is 20.5. The van der Waals surface area contributed by atoms with Crippen molar-refractivity contribution < 1.29 is 19.0 Å². The molecule has 2 amide bonds. The van der Waals surface area contributed by atoms with Gasteiger partial charge in [0, 0.05) is 30.5 Å². The maximum Gasteiger partial charge on any atom is 0.322 e. The van der Waals surface area contributed by atoms with Crippen LogP contribution in [0.4, 0.5) is 10.5 Å². The molecule has 0 bridgehead atoms. The van der Waals surface area contributed by atoms with Gasteiger partial charge >= 0.3 is 6.03 Å². The normalized spacial score (nSPS) is 18.3. The van der Waals surface area contributed by atoms with E-state index in [0.717, 1.165) is 60.2 Å². The summed E-state index contributed by atoms with van der Waals surface area (Å²) in [7, 11) is 3.28. The van der Waals surface area contributed by atoms with Crippen molar-refractivity contribution in [1.29, 1.82) is 0 Å². The summed E-state index contributed by atoms with van der Waals surface area (Å²) in [6.45, 7) is 2.13. The van der Waals surface area contributed by atoms with Crippen molar-refractivity contribution in [2.75, 3.05) is 32.7 Å². The number of benzene rings is 2. The van der Waals surface area contributed by atoms with E-state index in [4.69, 9.17) is 14.2 Å². The predicted molar refractivity (Wildman–Crippen MR) is 116 cm³/mol. The van der Waals surface area contributed by atoms with Crippen molar-refractivity contribution in [2.24, 2.45) is 5.92 Å². The molecule has 0 radical (unpaired) electrons. The van der Waals surface area contributed by atoms with Crippen LogP contribution in [0.25, 0.3) is 0 Å². The predicted octanol–water partition coefficient (Wildman–Crippen LogP) is 5.00. The molecule has 1 saturated heterocycles. The zero-order valence-electron chi connectivity index (χ0n) is 17.7. The Kier molecular flexibility index (Phi) is 6.43. The highest BCUT2D eigenvalue weighted by molar-refractivity contribution is 5.90. The largest absolute Gasteiger partial charge is 0.497 e. The molecule has 1 aliphatic heterocycles. The number of carbonyl (C=O) groups excluding carboxylic acids is 1. The van der Waals surface area contributed by atoms with Gasteiger partial charge in [0.05, 0.1) is 26.9 Å². The molecule has 1 heterocycles. The van der Waals surface area contributed by atoms with Gasteiger partial charge in [0.15, 0.2) is 0 Å². The zero-order chi connectivity index (χ0) is 20.9. The van der Waals surface area contributed by atoms with Crippen LogP contribution in [0, 0.1) is 5.92 Å². The van der Waals surface area contributed by atoms with Crippen molar-refractivity contribution in [3.63, 3.8) is 0 Å². The fourth-order valence-electron chi connectivity index (χ4n) is 3.99. The molecule has 1 atom stereocenters. The van der Waals surface area contributed by atoms with E-state index in [1.54, 1.807) is 14.2 Å². The third-order valence-electron chi connectivity index (χ3n) is 5.81. The molecule has 2 fully saturated rings. The Bertz CT molecular complexity index is 881. The van der Waals surface area contributed by atoms with Crippen LogP contribution in [-0.2, 0) is 11.3 Å². The third-order valence-corrected chi connectivity index (χ3v) is 5.81. The number of ether oxygens (including phenoxy) is 3. The van der Waals surface area contributed by atoms with Crippen LogP contribution < -0.4 is 14.8 Å². The van der Waals surface area contributed by atoms with Gasteiger partial charge in [-0.05, 0) is 61.4 Å². The van der Waals surface area contributed by atoms with Gasteiger partial charge in [-0.2, -0.15) is 0 Å². The second kappa shape index (κ2) is 9.39. The van der Waals surface area contributed by atoms with Crippen molar-refractivity contribution in [3.05, 3.63) is 53.6 Å². The lowest BCUT2D eigenvalue weighted by Crippen LogP contribution is -2.34. The molecule has 1 saturated carbocycles. The van der Waals surface area contributed by atoms with E-state index in [-0.39, 0.29) is 12.1 Å². The lowest BCUT2D eigenvalue weighted by atomic mass is 10.0. The number of hydrogen-bond acceptors (Lipinski definition) is 4. The monoisotopic (exact) mass is 410 g/mol. The van der Waals surface area contributed by atoms with Crippen molar-refractivity contribution >= 4 is 11.7 Å². The minimum Gasteiger partial charge on any atom is -0.497 e. The van der Waals surface area contributed by atoms with Crippen molar-refractivity contribution in [1.82, 2.24) is 4.90 Å². The molecule has 160 valence electrons. The van der Waals surface area contributed by atoms with Crippen LogP contribution >= 0.6 is 0 Å². The summed E-state index contributed by atoms with van der Waals surface area (Å²) in [4.78, 5) is 15.0. The van der Waals surface area contributed by atoms with E-state index >= 15 is 0 Å². The van der Waals surface area contributed by atoms with E-state index in [2.05, 4.69) is 5.32 Å². The first-order valence-electron chi connectivity index (χ1n) is 10.6. The fourth-order valence-corrected chi connectivity index (χ4v) is 3.99. The van der Waals surface area contributed by atoms with Crippen LogP contribution in [0.3, 0.4) is 0 Å². The van der Waals surface area contributed by atoms with Gasteiger partial charge in [-0.25, -0.2) is 4.79 Å². The summed E-state index contributed by atoms with van der Waals surface area (Å²) in [5.74, 6) is 2.23. The van der Waals surface area contributed by atoms with Crippen LogP contribution in [0.1, 0.15) is 42.9 Å². The standard InChI is InChI=1S/C24H30N2O4/c1-28-20-10-11-21(23(14-20)29-2)22-7-4-12-26(22)24(27)25-19-6-3-5-18(13-19)16-30-15-17-8-9-17/h3,5-6,10-11,13-14,17,22H,4,7-9,12,15-16H2,1-2H3,(H,25,27). The number of nitrogens with zero attached hydrogens (tertiary/aromatic N) is 1. The van der Waals surface area contributed by atoms with Gasteiger partial charge in [-0.3, -0.25) is 0 Å². The Morgan fingerprint density at radius 1 is 1.10 bits per heavy atom. The van der Waals surface area contributed by atoms with Gasteiger partial charge in [-0.1, -0.05) is 12.1 Å². The first-order valence-corrected chi connectivity index (χ1v) is 10.6. The lowest BCUT2D eigenvalue weighted by molar-refractivity contribution is 0.111. The highest BCUT2D eigenvalue weighted by Crippen LogP contribution is 2.39. The number of methoxy groups -OCH3 is 2. The number of urea groups is 1. The van der Waals surface area contributed by atoms with Crippen molar-refractivity contribution in [3.8, 4) is 11.5 Å². The molecule has 6 heteroatoms. The molecule has 0 aromatic heterocycles.